The Morgan fingerprint density at radius 1 is 0.750 bits per heavy atom. The largest absolute Gasteiger partial charge is 0.317 e. The van der Waals surface area contributed by atoms with Crippen molar-refractivity contribution in [1.82, 2.24) is 0 Å². The Balaban J connectivity index is -0.0000000267. The maximum absolute atomic E-state index is 2.48. The molecule has 0 amide bonds. The van der Waals surface area contributed by atoms with Crippen molar-refractivity contribution in [3.05, 3.63) is 0 Å². The Morgan fingerprint density at radius 2 is 0.750 bits per heavy atom. The lowest BCUT2D eigenvalue weighted by Gasteiger charge is -1.89. The van der Waals surface area contributed by atoms with E-state index in [4.69, 9.17) is 0 Å². The van der Waals surface area contributed by atoms with Crippen LogP contribution in [0.15, 0.2) is 0 Å². The van der Waals surface area contributed by atoms with Gasteiger partial charge in [-0.25, -0.2) is 0 Å². The second-order valence-electron chi connectivity index (χ2n) is 0.429. The molecule has 0 aromatic heterocycles. The zero-order valence-corrected chi connectivity index (χ0v) is 11.6. The number of hydrogen-bond donors (Lipinski definition) is 0. The van der Waals surface area contributed by atoms with E-state index in [-0.39, 0.29) is 25.8 Å². The summed E-state index contributed by atoms with van der Waals surface area (Å²) in [4.78, 5) is 0. The highest BCUT2D eigenvalue weighted by atomic mass is 127. The monoisotopic (exact) mass is 600 g/mol. The van der Waals surface area contributed by atoms with Gasteiger partial charge in [0.2, 0.25) is 0 Å². The second kappa shape index (κ2) is 10.4. The SMILES string of the molecule is C.C.I[Si](I)(I)I.[SiH4]. The molecule has 56 valence electrons. The van der Waals surface area contributed by atoms with Gasteiger partial charge >= 0.3 is -1.94 Å². The van der Waals surface area contributed by atoms with Crippen LogP contribution < -0.4 is 0 Å². The van der Waals surface area contributed by atoms with Gasteiger partial charge in [0.15, 0.2) is 0 Å². The molecule has 0 saturated heterocycles. The first-order valence-corrected chi connectivity index (χ1v) is 15.2. The zero-order valence-electron chi connectivity index (χ0n) is 2.01. The molecule has 6 heteroatoms. The normalized spacial score (nSPS) is 7.50. The molecule has 0 N–H and O–H groups in total. The van der Waals surface area contributed by atoms with E-state index in [1.165, 1.54) is 0 Å². The van der Waals surface area contributed by atoms with Crippen LogP contribution in [0.2, 0.25) is 0 Å². The van der Waals surface area contributed by atoms with Gasteiger partial charge in [0.25, 0.3) is 0 Å². The van der Waals surface area contributed by atoms with E-state index in [1.54, 1.807) is 0 Å². The van der Waals surface area contributed by atoms with Crippen molar-refractivity contribution in [1.29, 1.82) is 0 Å². The summed E-state index contributed by atoms with van der Waals surface area (Å²) in [5, 5.41) is 0. The van der Waals surface area contributed by atoms with Crippen LogP contribution in [0.5, 0.6) is 0 Å². The maximum atomic E-state index is 2.48. The van der Waals surface area contributed by atoms with Crippen LogP contribution in [-0.4, -0.2) is 9.03 Å². The highest BCUT2D eigenvalue weighted by Crippen LogP contribution is 2.35. The van der Waals surface area contributed by atoms with Crippen LogP contribution in [0.25, 0.3) is 0 Å². The molecule has 0 aromatic carbocycles. The minimum Gasteiger partial charge on any atom is -0.0791 e. The van der Waals surface area contributed by atoms with Gasteiger partial charge in [0, 0.05) is 0 Å². The standard InChI is InChI=1S/2CH4.I4Si.H4Si/c;;1-5(2,3)4;/h2*1H4;;1H4. The topological polar surface area (TPSA) is 0 Å². The predicted molar refractivity (Wildman–Crippen MR) is 86.6 cm³/mol. The summed E-state index contributed by atoms with van der Waals surface area (Å²) in [6, 6.07) is 0. The predicted octanol–water partition coefficient (Wildman–Crippen LogP) is 2.98. The van der Waals surface area contributed by atoms with Crippen LogP contribution in [0.4, 0.5) is 0 Å². The van der Waals surface area contributed by atoms with Crippen molar-refractivity contribution in [2.24, 2.45) is 0 Å². The van der Waals surface area contributed by atoms with Crippen LogP contribution in [0.1, 0.15) is 14.9 Å². The van der Waals surface area contributed by atoms with E-state index in [0.29, 0.717) is 0 Å². The first-order chi connectivity index (χ1) is 2.00. The average molecular weight is 600 g/mol. The molecule has 0 radical (unpaired) electrons. The molecule has 0 fully saturated rings. The van der Waals surface area contributed by atoms with Crippen LogP contribution in [0, 0.1) is 0 Å². The van der Waals surface area contributed by atoms with Crippen LogP contribution in [-0.2, 0) is 0 Å². The summed E-state index contributed by atoms with van der Waals surface area (Å²) >= 11 is 9.91. The van der Waals surface area contributed by atoms with E-state index in [9.17, 15) is 0 Å². The van der Waals surface area contributed by atoms with Crippen LogP contribution >= 0.6 is 87.2 Å². The van der Waals surface area contributed by atoms with Crippen molar-refractivity contribution in [2.45, 2.75) is 14.9 Å². The van der Waals surface area contributed by atoms with Gasteiger partial charge in [0.05, 0.1) is 0 Å². The van der Waals surface area contributed by atoms with Crippen molar-refractivity contribution < 1.29 is 0 Å². The highest BCUT2D eigenvalue weighted by Gasteiger charge is 2.13. The molecule has 0 rings (SSSR count). The van der Waals surface area contributed by atoms with Crippen molar-refractivity contribution in [3.8, 4) is 0 Å². The van der Waals surface area contributed by atoms with E-state index in [0.717, 1.165) is 0 Å². The van der Waals surface area contributed by atoms with Gasteiger partial charge in [-0.05, 0) is 11.0 Å². The summed E-state index contributed by atoms with van der Waals surface area (Å²) < 4.78 is -0.731. The number of hydrogen-bond acceptors (Lipinski definition) is 0. The van der Waals surface area contributed by atoms with Crippen LogP contribution in [0.3, 0.4) is 0 Å². The summed E-state index contributed by atoms with van der Waals surface area (Å²) in [6.45, 7) is 0. The molecular weight excluding hydrogens is 588 g/mol. The molecule has 8 heavy (non-hydrogen) atoms. The van der Waals surface area contributed by atoms with Gasteiger partial charge < -0.3 is 0 Å². The smallest absolute Gasteiger partial charge is 0.0791 e. The third-order valence-corrected chi connectivity index (χ3v) is 0. The first-order valence-electron chi connectivity index (χ1n) is 0.756. The van der Waals surface area contributed by atoms with E-state index in [1.807, 2.05) is 0 Å². The van der Waals surface area contributed by atoms with Crippen molar-refractivity contribution in [2.75, 3.05) is 0 Å². The molecular formula is C2H12I4Si2. The fourth-order valence-corrected chi connectivity index (χ4v) is 0. The average Bonchev–Trinajstić information content (AvgIpc) is 0.722. The fourth-order valence-electron chi connectivity index (χ4n) is 0. The second-order valence-corrected chi connectivity index (χ2v) is 57.9. The number of rotatable bonds is 0. The lowest BCUT2D eigenvalue weighted by molar-refractivity contribution is 2.50. The summed E-state index contributed by atoms with van der Waals surface area (Å²) in [6.07, 6.45) is 0. The van der Waals surface area contributed by atoms with Gasteiger partial charge in [-0.1, -0.05) is 102 Å². The lowest BCUT2D eigenvalue weighted by Crippen LogP contribution is -1.84. The van der Waals surface area contributed by atoms with Crippen molar-refractivity contribution in [3.63, 3.8) is 0 Å². The Labute approximate surface area is 109 Å². The van der Waals surface area contributed by atoms with Gasteiger partial charge in [-0.2, -0.15) is 0 Å². The number of halogens is 4. The molecule has 0 bridgehead atoms. The molecule has 0 atom stereocenters. The molecule has 0 aliphatic heterocycles. The molecule has 0 aromatic rings. The Morgan fingerprint density at radius 3 is 0.750 bits per heavy atom. The quantitative estimate of drug-likeness (QED) is 0.228. The molecule has 0 heterocycles. The Hall–Kier alpha value is 3.35. The minimum atomic E-state index is -0.731. The summed E-state index contributed by atoms with van der Waals surface area (Å²) in [7, 11) is 0. The van der Waals surface area contributed by atoms with E-state index in [2.05, 4.69) is 87.2 Å². The lowest BCUT2D eigenvalue weighted by atomic mass is 12.0. The van der Waals surface area contributed by atoms with Gasteiger partial charge in [-0.3, -0.25) is 0 Å². The Kier molecular flexibility index (Phi) is 29.1. The van der Waals surface area contributed by atoms with E-state index < -0.39 is -1.94 Å². The van der Waals surface area contributed by atoms with E-state index >= 15 is 0 Å². The zero-order chi connectivity index (χ0) is 4.50. The molecule has 0 nitrogen and oxygen atoms in total. The van der Waals surface area contributed by atoms with Gasteiger partial charge in [0.1, 0.15) is 0 Å². The highest BCUT2D eigenvalue weighted by molar-refractivity contribution is 14.5. The Bertz CT molecular complexity index is 27.5. The minimum absolute atomic E-state index is 0. The maximum Gasteiger partial charge on any atom is 0.317 e. The summed E-state index contributed by atoms with van der Waals surface area (Å²) in [5.41, 5.74) is 0. The van der Waals surface area contributed by atoms with Gasteiger partial charge in [-0.15, -0.1) is 0 Å². The molecule has 0 aliphatic rings. The summed E-state index contributed by atoms with van der Waals surface area (Å²) in [5.74, 6) is 0. The molecule has 0 spiro atoms. The van der Waals surface area contributed by atoms with Crippen molar-refractivity contribution >= 4 is 96.2 Å². The fraction of sp³-hybridized carbons (Fsp3) is 1.00. The third kappa shape index (κ3) is 58.0. The third-order valence-electron chi connectivity index (χ3n) is 0. The first kappa shape index (κ1) is 22.5. The molecule has 0 aliphatic carbocycles. The molecule has 0 saturated carbocycles. The molecule has 0 unspecified atom stereocenters.